The lowest BCUT2D eigenvalue weighted by Crippen LogP contribution is -2.28. The molecule has 0 saturated carbocycles. The van der Waals surface area contributed by atoms with Gasteiger partial charge in [0.05, 0.1) is 42.1 Å². The highest BCUT2D eigenvalue weighted by molar-refractivity contribution is 7.21. The number of benzene rings is 2. The summed E-state index contributed by atoms with van der Waals surface area (Å²) in [6.45, 7) is 3.01. The average Bonchev–Trinajstić information content (AvgIpc) is 3.60. The highest BCUT2D eigenvalue weighted by atomic mass is 35.5. The standard InChI is InChI=1S/C30H31ClFNO10S/c1-14(29(37)38)7-19(34)23-10-17-22(44-23)11-20(35)27(25(17)31)42-5-4-6-43-28-21(41-3)9-16-12-33(13-18(16)26(28)32)24(36)8-15(2)30(39)40/h9-11,14-15,35H,4-8,12-13H2,1-3H3,(H,37,38)(H,39,40)/t14-,15-/m0/s1. The van der Waals surface area contributed by atoms with Crippen LogP contribution in [0.1, 0.15) is 53.9 Å². The Kier molecular flexibility index (Phi) is 10.2. The maximum Gasteiger partial charge on any atom is 0.306 e. The summed E-state index contributed by atoms with van der Waals surface area (Å²) in [6, 6.07) is 4.54. The number of hydrogen-bond acceptors (Lipinski definition) is 9. The second kappa shape index (κ2) is 13.7. The van der Waals surface area contributed by atoms with Crippen molar-refractivity contribution in [2.45, 2.75) is 46.2 Å². The number of Topliss-reactive ketones (excluding diaryl/α,β-unsaturated/α-hetero) is 1. The van der Waals surface area contributed by atoms with Gasteiger partial charge in [-0.05, 0) is 17.7 Å². The molecule has 3 aromatic rings. The monoisotopic (exact) mass is 651 g/mol. The molecule has 2 atom stereocenters. The minimum Gasteiger partial charge on any atom is -0.504 e. The number of halogens is 2. The van der Waals surface area contributed by atoms with E-state index in [1.54, 1.807) is 12.1 Å². The van der Waals surface area contributed by atoms with Gasteiger partial charge in [0.15, 0.2) is 34.6 Å². The molecule has 1 amide bonds. The van der Waals surface area contributed by atoms with E-state index in [1.807, 2.05) is 0 Å². The molecule has 2 aromatic carbocycles. The summed E-state index contributed by atoms with van der Waals surface area (Å²) in [5, 5.41) is 29.2. The fraction of sp³-hybridized carbons (Fsp3) is 0.400. The van der Waals surface area contributed by atoms with E-state index in [-0.39, 0.29) is 84.9 Å². The quantitative estimate of drug-likeness (QED) is 0.150. The molecule has 4 rings (SSSR count). The van der Waals surface area contributed by atoms with E-state index >= 15 is 4.39 Å². The summed E-state index contributed by atoms with van der Waals surface area (Å²) in [5.41, 5.74) is 0.811. The van der Waals surface area contributed by atoms with E-state index in [0.29, 0.717) is 20.5 Å². The lowest BCUT2D eigenvalue weighted by Gasteiger charge is -2.16. The number of aromatic hydroxyl groups is 1. The van der Waals surface area contributed by atoms with Crippen molar-refractivity contribution in [3.05, 3.63) is 45.0 Å². The Balaban J connectivity index is 1.38. The number of ketones is 1. The predicted octanol–water partition coefficient (Wildman–Crippen LogP) is 5.50. The number of carboxylic acids is 2. The fourth-order valence-corrected chi connectivity index (χ4v) is 6.07. The maximum absolute atomic E-state index is 15.5. The van der Waals surface area contributed by atoms with E-state index in [2.05, 4.69) is 0 Å². The van der Waals surface area contributed by atoms with Gasteiger partial charge in [-0.3, -0.25) is 19.2 Å². The van der Waals surface area contributed by atoms with Gasteiger partial charge in [-0.2, -0.15) is 0 Å². The molecule has 0 radical (unpaired) electrons. The number of aliphatic carboxylic acids is 2. The van der Waals surface area contributed by atoms with E-state index < -0.39 is 35.5 Å². The zero-order chi connectivity index (χ0) is 32.3. The summed E-state index contributed by atoms with van der Waals surface area (Å²) >= 11 is 7.57. The van der Waals surface area contributed by atoms with Gasteiger partial charge < -0.3 is 34.4 Å². The predicted molar refractivity (Wildman–Crippen MR) is 158 cm³/mol. The van der Waals surface area contributed by atoms with Gasteiger partial charge in [-0.1, -0.05) is 25.4 Å². The average molecular weight is 652 g/mol. The van der Waals surface area contributed by atoms with E-state index in [4.69, 9.17) is 36.0 Å². The number of methoxy groups -OCH3 is 1. The van der Waals surface area contributed by atoms with Crippen molar-refractivity contribution in [1.82, 2.24) is 4.90 Å². The van der Waals surface area contributed by atoms with Gasteiger partial charge in [0.2, 0.25) is 5.91 Å². The zero-order valence-electron chi connectivity index (χ0n) is 24.1. The van der Waals surface area contributed by atoms with Gasteiger partial charge in [-0.25, -0.2) is 4.39 Å². The molecular weight excluding hydrogens is 621 g/mol. The number of carbonyl (C=O) groups is 4. The Morgan fingerprint density at radius 1 is 1.00 bits per heavy atom. The molecule has 3 N–H and O–H groups in total. The van der Waals surface area contributed by atoms with E-state index in [0.717, 1.165) is 11.3 Å². The number of rotatable bonds is 14. The Morgan fingerprint density at radius 2 is 1.64 bits per heavy atom. The molecule has 1 aliphatic rings. The van der Waals surface area contributed by atoms with Crippen molar-refractivity contribution >= 4 is 56.7 Å². The molecule has 0 aliphatic carbocycles. The first kappa shape index (κ1) is 32.8. The fourth-order valence-electron chi connectivity index (χ4n) is 4.66. The molecule has 0 spiro atoms. The van der Waals surface area contributed by atoms with Crippen LogP contribution >= 0.6 is 22.9 Å². The Morgan fingerprint density at radius 3 is 2.27 bits per heavy atom. The van der Waals surface area contributed by atoms with Crippen molar-refractivity contribution in [3.63, 3.8) is 0 Å². The normalized spacial score (nSPS) is 13.8. The van der Waals surface area contributed by atoms with Crippen molar-refractivity contribution < 1.29 is 53.1 Å². The summed E-state index contributed by atoms with van der Waals surface area (Å²) in [7, 11) is 1.36. The van der Waals surface area contributed by atoms with Gasteiger partial charge in [0.1, 0.15) is 0 Å². The number of carboxylic acid groups (broad SMARTS) is 2. The van der Waals surface area contributed by atoms with Crippen LogP contribution in [-0.4, -0.2) is 64.2 Å². The van der Waals surface area contributed by atoms with Gasteiger partial charge in [-0.15, -0.1) is 11.3 Å². The van der Waals surface area contributed by atoms with E-state index in [1.165, 1.54) is 31.9 Å². The molecule has 0 unspecified atom stereocenters. The molecule has 236 valence electrons. The van der Waals surface area contributed by atoms with Crippen LogP contribution in [0.15, 0.2) is 18.2 Å². The first-order valence-corrected chi connectivity index (χ1v) is 14.9. The lowest BCUT2D eigenvalue weighted by molar-refractivity contribution is -0.145. The molecule has 44 heavy (non-hydrogen) atoms. The third-order valence-electron chi connectivity index (χ3n) is 7.23. The molecule has 11 nitrogen and oxygen atoms in total. The summed E-state index contributed by atoms with van der Waals surface area (Å²) in [6.07, 6.45) is -0.117. The number of hydrogen-bond donors (Lipinski definition) is 3. The molecule has 0 saturated heterocycles. The Hall–Kier alpha value is -4.10. The number of amides is 1. The minimum absolute atomic E-state index is 0.00173. The molecular formula is C30H31ClFNO10S. The number of phenols is 1. The van der Waals surface area contributed by atoms with Crippen LogP contribution in [0, 0.1) is 17.7 Å². The van der Waals surface area contributed by atoms with Crippen LogP contribution in [0.3, 0.4) is 0 Å². The SMILES string of the molecule is COc1cc2c(c(F)c1OCCCOc1c(O)cc3sc(C(=O)C[C@H](C)C(=O)O)cc3c1Cl)CN(C(=O)C[C@H](C)C(=O)O)C2. The minimum atomic E-state index is -1.09. The van der Waals surface area contributed by atoms with Gasteiger partial charge in [0.25, 0.3) is 0 Å². The number of nitrogens with zero attached hydrogens (tertiary/aromatic N) is 1. The highest BCUT2D eigenvalue weighted by Gasteiger charge is 2.31. The number of phenolic OH excluding ortho intramolecular Hbond substituents is 1. The highest BCUT2D eigenvalue weighted by Crippen LogP contribution is 2.44. The number of carbonyl (C=O) groups excluding carboxylic acids is 2. The Bertz CT molecular complexity index is 1620. The third-order valence-corrected chi connectivity index (χ3v) is 8.73. The zero-order valence-corrected chi connectivity index (χ0v) is 25.7. The van der Waals surface area contributed by atoms with Crippen LogP contribution in [0.2, 0.25) is 5.02 Å². The molecule has 1 aromatic heterocycles. The maximum atomic E-state index is 15.5. The molecule has 0 bridgehead atoms. The van der Waals surface area contributed by atoms with Crippen LogP contribution < -0.4 is 14.2 Å². The van der Waals surface area contributed by atoms with Crippen LogP contribution in [0.4, 0.5) is 4.39 Å². The van der Waals surface area contributed by atoms with Crippen molar-refractivity contribution in [1.29, 1.82) is 0 Å². The largest absolute Gasteiger partial charge is 0.504 e. The third kappa shape index (κ3) is 6.99. The smallest absolute Gasteiger partial charge is 0.306 e. The van der Waals surface area contributed by atoms with E-state index in [9.17, 15) is 24.3 Å². The molecule has 14 heteroatoms. The topological polar surface area (TPSA) is 160 Å². The second-order valence-corrected chi connectivity index (χ2v) is 12.0. The molecule has 0 fully saturated rings. The van der Waals surface area contributed by atoms with Crippen molar-refractivity contribution in [2.24, 2.45) is 11.8 Å². The van der Waals surface area contributed by atoms with Crippen molar-refractivity contribution in [2.75, 3.05) is 20.3 Å². The van der Waals surface area contributed by atoms with Gasteiger partial charge >= 0.3 is 11.9 Å². The van der Waals surface area contributed by atoms with Crippen molar-refractivity contribution in [3.8, 4) is 23.0 Å². The number of fused-ring (bicyclic) bond motifs is 2. The lowest BCUT2D eigenvalue weighted by atomic mass is 10.0. The first-order chi connectivity index (χ1) is 20.8. The molecule has 2 heterocycles. The van der Waals surface area contributed by atoms with Crippen LogP contribution in [0.25, 0.3) is 10.1 Å². The molecule has 1 aliphatic heterocycles. The number of thiophene rings is 1. The van der Waals surface area contributed by atoms with Crippen LogP contribution in [-0.2, 0) is 27.5 Å². The van der Waals surface area contributed by atoms with Gasteiger partial charge in [0, 0.05) is 54.1 Å². The summed E-state index contributed by atoms with van der Waals surface area (Å²) < 4.78 is 32.7. The summed E-state index contributed by atoms with van der Waals surface area (Å²) in [5.74, 6) is -5.52. The Labute approximate surface area is 260 Å². The number of ether oxygens (including phenoxy) is 3. The first-order valence-electron chi connectivity index (χ1n) is 13.7. The summed E-state index contributed by atoms with van der Waals surface area (Å²) in [4.78, 5) is 49.0. The van der Waals surface area contributed by atoms with Crippen LogP contribution in [0.5, 0.6) is 23.0 Å². The second-order valence-electron chi connectivity index (χ2n) is 10.5.